The van der Waals surface area contributed by atoms with Crippen LogP contribution in [0.15, 0.2) is 36.4 Å². The molecule has 0 atom stereocenters. The number of fused-ring (bicyclic) bond motifs is 1. The summed E-state index contributed by atoms with van der Waals surface area (Å²) in [5.74, 6) is 1.38. The van der Waals surface area contributed by atoms with E-state index in [0.717, 1.165) is 22.2 Å². The minimum atomic E-state index is 0.455. The lowest BCUT2D eigenvalue weighted by molar-refractivity contribution is 0.415. The maximum absolute atomic E-state index is 6.29. The summed E-state index contributed by atoms with van der Waals surface area (Å²) in [6.07, 6.45) is 0. The highest BCUT2D eigenvalue weighted by molar-refractivity contribution is 6.34. The normalized spacial score (nSPS) is 10.9. The van der Waals surface area contributed by atoms with Gasteiger partial charge in [-0.15, -0.1) is 0 Å². The minimum Gasteiger partial charge on any atom is -0.497 e. The van der Waals surface area contributed by atoms with Crippen molar-refractivity contribution >= 4 is 22.5 Å². The highest BCUT2D eigenvalue weighted by Crippen LogP contribution is 2.28. The van der Waals surface area contributed by atoms with E-state index in [1.165, 1.54) is 11.1 Å². The van der Waals surface area contributed by atoms with Gasteiger partial charge in [-0.3, -0.25) is 0 Å². The highest BCUT2D eigenvalue weighted by Gasteiger charge is 2.09. The topological polar surface area (TPSA) is 35.0 Å². The summed E-state index contributed by atoms with van der Waals surface area (Å²) < 4.78 is 5.24. The first-order valence-corrected chi connectivity index (χ1v) is 7.05. The molecular formula is C17H15ClN2O. The van der Waals surface area contributed by atoms with Crippen molar-refractivity contribution in [1.29, 1.82) is 0 Å². The number of rotatable bonds is 2. The zero-order valence-electron chi connectivity index (χ0n) is 12.1. The molecule has 3 nitrogen and oxygen atoms in total. The SMILES string of the molecule is COc1ccc2c(Cl)nc(-c3ccc(C)c(C)c3)nc2c1. The molecule has 0 aliphatic rings. The molecule has 0 saturated heterocycles. The lowest BCUT2D eigenvalue weighted by Gasteiger charge is -2.08. The summed E-state index contributed by atoms with van der Waals surface area (Å²) in [6.45, 7) is 4.16. The van der Waals surface area contributed by atoms with Crippen LogP contribution in [0.1, 0.15) is 11.1 Å². The molecule has 2 aromatic carbocycles. The number of halogens is 1. The number of benzene rings is 2. The summed E-state index contributed by atoms with van der Waals surface area (Å²) in [5, 5.41) is 1.28. The van der Waals surface area contributed by atoms with E-state index in [2.05, 4.69) is 35.9 Å². The Morgan fingerprint density at radius 3 is 2.48 bits per heavy atom. The van der Waals surface area contributed by atoms with Crippen LogP contribution in [-0.2, 0) is 0 Å². The fraction of sp³-hybridized carbons (Fsp3) is 0.176. The Morgan fingerprint density at radius 2 is 1.76 bits per heavy atom. The van der Waals surface area contributed by atoms with Gasteiger partial charge in [0.2, 0.25) is 0 Å². The average molecular weight is 299 g/mol. The van der Waals surface area contributed by atoms with Gasteiger partial charge in [-0.05, 0) is 43.2 Å². The summed E-state index contributed by atoms with van der Waals surface area (Å²) >= 11 is 6.29. The van der Waals surface area contributed by atoms with Crippen LogP contribution >= 0.6 is 11.6 Å². The Kier molecular flexibility index (Phi) is 3.52. The zero-order valence-corrected chi connectivity index (χ0v) is 12.9. The highest BCUT2D eigenvalue weighted by atomic mass is 35.5. The van der Waals surface area contributed by atoms with E-state index >= 15 is 0 Å². The summed E-state index contributed by atoms with van der Waals surface area (Å²) in [7, 11) is 1.63. The first-order chi connectivity index (χ1) is 10.1. The minimum absolute atomic E-state index is 0.455. The fourth-order valence-electron chi connectivity index (χ4n) is 2.21. The van der Waals surface area contributed by atoms with Crippen LogP contribution < -0.4 is 4.74 Å². The van der Waals surface area contributed by atoms with E-state index in [1.54, 1.807) is 7.11 Å². The van der Waals surface area contributed by atoms with Crippen molar-refractivity contribution in [3.63, 3.8) is 0 Å². The molecule has 0 saturated carbocycles. The monoisotopic (exact) mass is 298 g/mol. The number of hydrogen-bond donors (Lipinski definition) is 0. The second-order valence-electron chi connectivity index (χ2n) is 5.02. The van der Waals surface area contributed by atoms with Crippen molar-refractivity contribution in [2.24, 2.45) is 0 Å². The van der Waals surface area contributed by atoms with E-state index < -0.39 is 0 Å². The van der Waals surface area contributed by atoms with Crippen LogP contribution in [0, 0.1) is 13.8 Å². The van der Waals surface area contributed by atoms with Gasteiger partial charge in [-0.2, -0.15) is 0 Å². The van der Waals surface area contributed by atoms with Gasteiger partial charge in [0.05, 0.1) is 12.6 Å². The van der Waals surface area contributed by atoms with Crippen LogP contribution in [-0.4, -0.2) is 17.1 Å². The van der Waals surface area contributed by atoms with Crippen LogP contribution in [0.2, 0.25) is 5.15 Å². The first-order valence-electron chi connectivity index (χ1n) is 6.67. The Labute approximate surface area is 128 Å². The quantitative estimate of drug-likeness (QED) is 0.650. The van der Waals surface area contributed by atoms with Gasteiger partial charge in [0, 0.05) is 17.0 Å². The second-order valence-corrected chi connectivity index (χ2v) is 5.38. The van der Waals surface area contributed by atoms with E-state index in [9.17, 15) is 0 Å². The van der Waals surface area contributed by atoms with Gasteiger partial charge in [0.15, 0.2) is 5.82 Å². The summed E-state index contributed by atoms with van der Waals surface area (Å²) in [6, 6.07) is 11.8. The molecule has 4 heteroatoms. The Hall–Kier alpha value is -2.13. The number of hydrogen-bond acceptors (Lipinski definition) is 3. The summed E-state index contributed by atoms with van der Waals surface area (Å²) in [5.41, 5.74) is 4.19. The molecule has 0 spiro atoms. The van der Waals surface area contributed by atoms with Crippen molar-refractivity contribution < 1.29 is 4.74 Å². The molecule has 0 N–H and O–H groups in total. The number of aromatic nitrogens is 2. The van der Waals surface area contributed by atoms with Crippen LogP contribution in [0.25, 0.3) is 22.3 Å². The van der Waals surface area contributed by atoms with E-state index in [4.69, 9.17) is 16.3 Å². The first kappa shape index (κ1) is 13.8. The van der Waals surface area contributed by atoms with E-state index in [0.29, 0.717) is 11.0 Å². The van der Waals surface area contributed by atoms with Crippen LogP contribution in [0.5, 0.6) is 5.75 Å². The molecule has 3 aromatic rings. The lowest BCUT2D eigenvalue weighted by Crippen LogP contribution is -1.94. The molecule has 0 fully saturated rings. The molecule has 0 amide bonds. The third-order valence-corrected chi connectivity index (χ3v) is 3.91. The van der Waals surface area contributed by atoms with E-state index in [-0.39, 0.29) is 0 Å². The molecule has 0 bridgehead atoms. The molecule has 106 valence electrons. The molecule has 0 aliphatic carbocycles. The average Bonchev–Trinajstić information content (AvgIpc) is 2.49. The fourth-order valence-corrected chi connectivity index (χ4v) is 2.45. The molecule has 21 heavy (non-hydrogen) atoms. The van der Waals surface area contributed by atoms with Crippen molar-refractivity contribution in [2.45, 2.75) is 13.8 Å². The molecule has 0 radical (unpaired) electrons. The maximum atomic E-state index is 6.29. The molecule has 1 aromatic heterocycles. The van der Waals surface area contributed by atoms with Crippen molar-refractivity contribution in [3.05, 3.63) is 52.7 Å². The van der Waals surface area contributed by atoms with Gasteiger partial charge in [-0.1, -0.05) is 23.7 Å². The molecule has 1 heterocycles. The number of ether oxygens (including phenoxy) is 1. The number of methoxy groups -OCH3 is 1. The third kappa shape index (κ3) is 2.57. The van der Waals surface area contributed by atoms with Gasteiger partial charge >= 0.3 is 0 Å². The Morgan fingerprint density at radius 1 is 0.952 bits per heavy atom. The van der Waals surface area contributed by atoms with Crippen molar-refractivity contribution in [1.82, 2.24) is 9.97 Å². The molecular weight excluding hydrogens is 284 g/mol. The summed E-state index contributed by atoms with van der Waals surface area (Å²) in [4.78, 5) is 9.02. The number of nitrogens with zero attached hydrogens (tertiary/aromatic N) is 2. The van der Waals surface area contributed by atoms with Crippen LogP contribution in [0.3, 0.4) is 0 Å². The van der Waals surface area contributed by atoms with Gasteiger partial charge in [-0.25, -0.2) is 9.97 Å². The number of aryl methyl sites for hydroxylation is 2. The molecule has 0 unspecified atom stereocenters. The lowest BCUT2D eigenvalue weighted by atomic mass is 10.1. The molecule has 3 rings (SSSR count). The maximum Gasteiger partial charge on any atom is 0.161 e. The standard InChI is InChI=1S/C17H15ClN2O/c1-10-4-5-12(8-11(10)2)17-19-15-9-13(21-3)6-7-14(15)16(18)20-17/h4-9H,1-3H3. The third-order valence-electron chi connectivity index (χ3n) is 3.62. The second kappa shape index (κ2) is 5.34. The predicted octanol–water partition coefficient (Wildman–Crippen LogP) is 4.58. The van der Waals surface area contributed by atoms with Crippen molar-refractivity contribution in [3.8, 4) is 17.1 Å². The smallest absolute Gasteiger partial charge is 0.161 e. The Balaban J connectivity index is 2.20. The Bertz CT molecular complexity index is 830. The largest absolute Gasteiger partial charge is 0.497 e. The predicted molar refractivity (Wildman–Crippen MR) is 86.0 cm³/mol. The van der Waals surface area contributed by atoms with Crippen molar-refractivity contribution in [2.75, 3.05) is 7.11 Å². The van der Waals surface area contributed by atoms with Crippen LogP contribution in [0.4, 0.5) is 0 Å². The van der Waals surface area contributed by atoms with Gasteiger partial charge in [0.25, 0.3) is 0 Å². The van der Waals surface area contributed by atoms with Gasteiger partial charge in [0.1, 0.15) is 10.9 Å². The van der Waals surface area contributed by atoms with Gasteiger partial charge < -0.3 is 4.74 Å². The molecule has 0 aliphatic heterocycles. The van der Waals surface area contributed by atoms with E-state index in [1.807, 2.05) is 24.3 Å². The zero-order chi connectivity index (χ0) is 15.0.